The van der Waals surface area contributed by atoms with Gasteiger partial charge in [-0.2, -0.15) is 5.10 Å². The lowest BCUT2D eigenvalue weighted by atomic mass is 10.1. The van der Waals surface area contributed by atoms with E-state index >= 15 is 0 Å². The molecule has 0 aliphatic rings. The van der Waals surface area contributed by atoms with E-state index in [4.69, 9.17) is 16.3 Å². The highest BCUT2D eigenvalue weighted by Crippen LogP contribution is 2.32. The largest absolute Gasteiger partial charge is 0.437 e. The van der Waals surface area contributed by atoms with Gasteiger partial charge in [0.05, 0.1) is 16.4 Å². The Labute approximate surface area is 139 Å². The molecule has 1 aromatic carbocycles. The van der Waals surface area contributed by atoms with Crippen LogP contribution in [0.15, 0.2) is 37.2 Å². The number of rotatable bonds is 4. The molecule has 0 radical (unpaired) electrons. The lowest BCUT2D eigenvalue weighted by Crippen LogP contribution is -2.01. The Balaban J connectivity index is 1.91. The van der Waals surface area contributed by atoms with Gasteiger partial charge in [-0.25, -0.2) is 19.6 Å². The highest BCUT2D eigenvalue weighted by Gasteiger charge is 2.13. The average Bonchev–Trinajstić information content (AvgIpc) is 3.05. The third kappa shape index (κ3) is 3.17. The van der Waals surface area contributed by atoms with Crippen LogP contribution in [0.2, 0.25) is 5.02 Å². The minimum absolute atomic E-state index is 0.297. The molecule has 2 heterocycles. The molecule has 0 saturated heterocycles. The first-order valence-electron chi connectivity index (χ1n) is 7.20. The zero-order valence-corrected chi connectivity index (χ0v) is 13.8. The van der Waals surface area contributed by atoms with Crippen molar-refractivity contribution in [1.82, 2.24) is 24.7 Å². The van der Waals surface area contributed by atoms with Crippen molar-refractivity contribution in [2.45, 2.75) is 26.7 Å². The van der Waals surface area contributed by atoms with Gasteiger partial charge in [-0.05, 0) is 31.0 Å². The predicted molar refractivity (Wildman–Crippen MR) is 87.3 cm³/mol. The predicted octanol–water partition coefficient (Wildman–Crippen LogP) is 3.93. The standard InChI is InChI=1S/C16H16ClN5O/c1-10(2)15-11(3)16(20-8-19-15)23-14-5-4-12(6-13(14)17)22-9-18-7-21-22/h4-10H,1-3H3. The molecule has 3 rings (SSSR count). The molecule has 0 fully saturated rings. The minimum atomic E-state index is 0.297. The molecule has 7 heteroatoms. The molecule has 0 N–H and O–H groups in total. The van der Waals surface area contributed by atoms with Crippen LogP contribution in [-0.2, 0) is 0 Å². The number of aromatic nitrogens is 5. The van der Waals surface area contributed by atoms with Gasteiger partial charge in [-0.15, -0.1) is 0 Å². The summed E-state index contributed by atoms with van der Waals surface area (Å²) in [6.07, 6.45) is 4.58. The van der Waals surface area contributed by atoms with E-state index in [0.29, 0.717) is 22.6 Å². The lowest BCUT2D eigenvalue weighted by molar-refractivity contribution is 0.455. The maximum atomic E-state index is 6.32. The van der Waals surface area contributed by atoms with Gasteiger partial charge < -0.3 is 4.74 Å². The molecule has 3 aromatic rings. The topological polar surface area (TPSA) is 65.7 Å². The van der Waals surface area contributed by atoms with E-state index in [0.717, 1.165) is 16.9 Å². The zero-order chi connectivity index (χ0) is 16.4. The fourth-order valence-electron chi connectivity index (χ4n) is 2.29. The van der Waals surface area contributed by atoms with Crippen LogP contribution in [0.1, 0.15) is 31.0 Å². The van der Waals surface area contributed by atoms with E-state index in [2.05, 4.69) is 33.9 Å². The molecule has 2 aromatic heterocycles. The summed E-state index contributed by atoms with van der Waals surface area (Å²) >= 11 is 6.32. The summed E-state index contributed by atoms with van der Waals surface area (Å²) in [5, 5.41) is 4.55. The Morgan fingerprint density at radius 1 is 1.17 bits per heavy atom. The molecular weight excluding hydrogens is 314 g/mol. The normalized spacial score (nSPS) is 11.0. The molecular formula is C16H16ClN5O. The Morgan fingerprint density at radius 3 is 2.65 bits per heavy atom. The second kappa shape index (κ2) is 6.34. The maximum absolute atomic E-state index is 6.32. The van der Waals surface area contributed by atoms with Gasteiger partial charge in [0, 0.05) is 5.56 Å². The van der Waals surface area contributed by atoms with Crippen LogP contribution in [0.25, 0.3) is 5.69 Å². The number of benzene rings is 1. The van der Waals surface area contributed by atoms with Gasteiger partial charge in [-0.3, -0.25) is 0 Å². The van der Waals surface area contributed by atoms with Gasteiger partial charge in [0.2, 0.25) is 5.88 Å². The first-order valence-corrected chi connectivity index (χ1v) is 7.58. The van der Waals surface area contributed by atoms with Crippen LogP contribution in [0.5, 0.6) is 11.6 Å². The Hall–Kier alpha value is -2.47. The Kier molecular flexibility index (Phi) is 4.25. The van der Waals surface area contributed by atoms with Crippen LogP contribution >= 0.6 is 11.6 Å². The van der Waals surface area contributed by atoms with Crippen molar-refractivity contribution in [2.24, 2.45) is 0 Å². The van der Waals surface area contributed by atoms with Gasteiger partial charge in [0.25, 0.3) is 0 Å². The maximum Gasteiger partial charge on any atom is 0.225 e. The lowest BCUT2D eigenvalue weighted by Gasteiger charge is -2.13. The van der Waals surface area contributed by atoms with E-state index in [-0.39, 0.29) is 0 Å². The number of nitrogens with zero attached hydrogens (tertiary/aromatic N) is 5. The molecule has 6 nitrogen and oxygen atoms in total. The third-order valence-corrected chi connectivity index (χ3v) is 3.72. The summed E-state index contributed by atoms with van der Waals surface area (Å²) in [6, 6.07) is 5.41. The summed E-state index contributed by atoms with van der Waals surface area (Å²) in [6.45, 7) is 6.11. The highest BCUT2D eigenvalue weighted by molar-refractivity contribution is 6.32. The number of hydrogen-bond acceptors (Lipinski definition) is 5. The molecule has 118 valence electrons. The fraction of sp³-hybridized carbons (Fsp3) is 0.250. The van der Waals surface area contributed by atoms with E-state index in [1.807, 2.05) is 13.0 Å². The van der Waals surface area contributed by atoms with Crippen molar-refractivity contribution in [2.75, 3.05) is 0 Å². The average molecular weight is 330 g/mol. The smallest absolute Gasteiger partial charge is 0.225 e. The molecule has 0 bridgehead atoms. The summed E-state index contributed by atoms with van der Waals surface area (Å²) in [7, 11) is 0. The fourth-order valence-corrected chi connectivity index (χ4v) is 2.51. The number of hydrogen-bond donors (Lipinski definition) is 0. The van der Waals surface area contributed by atoms with Crippen molar-refractivity contribution >= 4 is 11.6 Å². The molecule has 0 saturated carbocycles. The van der Waals surface area contributed by atoms with Crippen LogP contribution in [0.3, 0.4) is 0 Å². The third-order valence-electron chi connectivity index (χ3n) is 3.43. The molecule has 0 aliphatic carbocycles. The summed E-state index contributed by atoms with van der Waals surface area (Å²) in [5.74, 6) is 1.34. The molecule has 23 heavy (non-hydrogen) atoms. The van der Waals surface area contributed by atoms with Gasteiger partial charge in [0.15, 0.2) is 0 Å². The van der Waals surface area contributed by atoms with Crippen molar-refractivity contribution in [3.05, 3.63) is 53.5 Å². The van der Waals surface area contributed by atoms with E-state index in [9.17, 15) is 0 Å². The molecule has 0 amide bonds. The second-order valence-electron chi connectivity index (χ2n) is 5.40. The van der Waals surface area contributed by atoms with Crippen LogP contribution < -0.4 is 4.74 Å². The summed E-state index contributed by atoms with van der Waals surface area (Å²) in [4.78, 5) is 12.4. The van der Waals surface area contributed by atoms with E-state index < -0.39 is 0 Å². The van der Waals surface area contributed by atoms with Crippen LogP contribution in [0, 0.1) is 6.92 Å². The van der Waals surface area contributed by atoms with Crippen LogP contribution in [0.4, 0.5) is 0 Å². The van der Waals surface area contributed by atoms with Gasteiger partial charge in [0.1, 0.15) is 24.7 Å². The van der Waals surface area contributed by atoms with Gasteiger partial charge in [-0.1, -0.05) is 25.4 Å². The number of ether oxygens (including phenoxy) is 1. The molecule has 0 aliphatic heterocycles. The Bertz CT molecular complexity index is 817. The molecule has 0 unspecified atom stereocenters. The zero-order valence-electron chi connectivity index (χ0n) is 13.1. The minimum Gasteiger partial charge on any atom is -0.437 e. The summed E-state index contributed by atoms with van der Waals surface area (Å²) in [5.41, 5.74) is 2.69. The first-order chi connectivity index (χ1) is 11.1. The highest BCUT2D eigenvalue weighted by atomic mass is 35.5. The molecule has 0 atom stereocenters. The SMILES string of the molecule is Cc1c(Oc2ccc(-n3cncn3)cc2Cl)ncnc1C(C)C. The van der Waals surface area contributed by atoms with Crippen molar-refractivity contribution in [3.8, 4) is 17.3 Å². The van der Waals surface area contributed by atoms with Crippen molar-refractivity contribution < 1.29 is 4.74 Å². The monoisotopic (exact) mass is 329 g/mol. The molecule has 0 spiro atoms. The van der Waals surface area contributed by atoms with Crippen LogP contribution in [-0.4, -0.2) is 24.7 Å². The Morgan fingerprint density at radius 2 is 2.00 bits per heavy atom. The second-order valence-corrected chi connectivity index (χ2v) is 5.81. The first kappa shape index (κ1) is 15.4. The number of halogens is 1. The van der Waals surface area contributed by atoms with Crippen molar-refractivity contribution in [1.29, 1.82) is 0 Å². The quantitative estimate of drug-likeness (QED) is 0.725. The summed E-state index contributed by atoms with van der Waals surface area (Å²) < 4.78 is 7.50. The van der Waals surface area contributed by atoms with Gasteiger partial charge >= 0.3 is 0 Å². The van der Waals surface area contributed by atoms with E-state index in [1.165, 1.54) is 12.7 Å². The van der Waals surface area contributed by atoms with Crippen molar-refractivity contribution in [3.63, 3.8) is 0 Å². The van der Waals surface area contributed by atoms with E-state index in [1.54, 1.807) is 23.1 Å².